The van der Waals surface area contributed by atoms with Crippen molar-refractivity contribution in [1.29, 1.82) is 0 Å². The van der Waals surface area contributed by atoms with E-state index in [1.165, 1.54) is 0 Å². The molecular formula is C7H16FO2P. The van der Waals surface area contributed by atoms with Gasteiger partial charge in [-0.05, 0) is 12.3 Å². The third kappa shape index (κ3) is 5.40. The molecule has 0 fully saturated rings. The normalized spacial score (nSPS) is 20.9. The molecule has 0 saturated heterocycles. The molecule has 0 N–H and O–H groups in total. The van der Waals surface area contributed by atoms with E-state index >= 15 is 0 Å². The highest BCUT2D eigenvalue weighted by Gasteiger charge is 2.27. The predicted octanol–water partition coefficient (Wildman–Crippen LogP) is 3.23. The lowest BCUT2D eigenvalue weighted by Crippen LogP contribution is -2.24. The van der Waals surface area contributed by atoms with Crippen molar-refractivity contribution in [3.05, 3.63) is 0 Å². The number of hydrogen-bond acceptors (Lipinski definition) is 2. The molecule has 0 aromatic rings. The molecule has 0 radical (unpaired) electrons. The highest BCUT2D eigenvalue weighted by molar-refractivity contribution is 7.52. The van der Waals surface area contributed by atoms with Crippen molar-refractivity contribution in [2.24, 2.45) is 5.41 Å². The molecule has 0 heterocycles. The molecule has 0 spiro atoms. The Morgan fingerprint density at radius 3 is 1.91 bits per heavy atom. The quantitative estimate of drug-likeness (QED) is 0.613. The summed E-state index contributed by atoms with van der Waals surface area (Å²) in [6.07, 6.45) is -0.330. The minimum atomic E-state index is -3.82. The lowest BCUT2D eigenvalue weighted by Gasteiger charge is -2.27. The van der Waals surface area contributed by atoms with Crippen molar-refractivity contribution in [2.75, 3.05) is 6.66 Å². The van der Waals surface area contributed by atoms with Crippen LogP contribution < -0.4 is 0 Å². The molecule has 0 aliphatic rings. The molecule has 0 unspecified atom stereocenters. The van der Waals surface area contributed by atoms with Crippen molar-refractivity contribution in [2.45, 2.75) is 33.8 Å². The molecule has 0 aromatic heterocycles. The van der Waals surface area contributed by atoms with E-state index in [0.717, 1.165) is 6.66 Å². The monoisotopic (exact) mass is 182 g/mol. The number of rotatable bonds is 2. The van der Waals surface area contributed by atoms with E-state index < -0.39 is 7.68 Å². The highest BCUT2D eigenvalue weighted by atomic mass is 31.2. The smallest absolute Gasteiger partial charge is 0.302 e. The standard InChI is InChI=1S/C7H16FO2P/c1-6(7(2,3)4)10-11(5,8)9/h6H,1-5H3/t6-,11+/m0/s1. The SMILES string of the molecule is C[C@H](O[P@@](C)(=O)F)C(C)(C)C. The molecule has 68 valence electrons. The third-order valence-electron chi connectivity index (χ3n) is 1.57. The summed E-state index contributed by atoms with van der Waals surface area (Å²) < 4.78 is 27.8. The topological polar surface area (TPSA) is 26.3 Å². The maximum atomic E-state index is 12.5. The third-order valence-corrected chi connectivity index (χ3v) is 2.26. The lowest BCUT2D eigenvalue weighted by molar-refractivity contribution is 0.0989. The van der Waals surface area contributed by atoms with Crippen molar-refractivity contribution in [1.82, 2.24) is 0 Å². The second-order valence-electron chi connectivity index (χ2n) is 3.86. The first-order valence-electron chi connectivity index (χ1n) is 3.58. The Bertz CT molecular complexity index is 168. The van der Waals surface area contributed by atoms with Crippen LogP contribution in [-0.4, -0.2) is 12.8 Å². The van der Waals surface area contributed by atoms with Gasteiger partial charge in [-0.2, -0.15) is 4.20 Å². The van der Waals surface area contributed by atoms with Crippen LogP contribution in [0.2, 0.25) is 0 Å². The molecule has 4 heteroatoms. The minimum absolute atomic E-state index is 0.169. The van der Waals surface area contributed by atoms with Crippen LogP contribution in [0.5, 0.6) is 0 Å². The van der Waals surface area contributed by atoms with Gasteiger partial charge in [-0.25, -0.2) is 0 Å². The Hall–Kier alpha value is 0.120. The molecule has 11 heavy (non-hydrogen) atoms. The molecule has 0 aromatic carbocycles. The molecule has 0 rings (SSSR count). The maximum Gasteiger partial charge on any atom is 0.364 e. The van der Waals surface area contributed by atoms with Gasteiger partial charge < -0.3 is 4.52 Å². The van der Waals surface area contributed by atoms with Crippen LogP contribution in [-0.2, 0) is 9.09 Å². The summed E-state index contributed by atoms with van der Waals surface area (Å²) in [6, 6.07) is 0. The maximum absolute atomic E-state index is 12.5. The van der Waals surface area contributed by atoms with Crippen molar-refractivity contribution in [3.63, 3.8) is 0 Å². The van der Waals surface area contributed by atoms with E-state index in [2.05, 4.69) is 0 Å². The van der Waals surface area contributed by atoms with Gasteiger partial charge in [-0.15, -0.1) is 0 Å². The van der Waals surface area contributed by atoms with Crippen LogP contribution in [0.1, 0.15) is 27.7 Å². The summed E-state index contributed by atoms with van der Waals surface area (Å²) in [7, 11) is -3.82. The van der Waals surface area contributed by atoms with E-state index in [9.17, 15) is 8.76 Å². The Kier molecular flexibility index (Phi) is 3.27. The van der Waals surface area contributed by atoms with Crippen LogP contribution in [0, 0.1) is 5.41 Å². The van der Waals surface area contributed by atoms with Crippen molar-refractivity contribution < 1.29 is 13.3 Å². The van der Waals surface area contributed by atoms with Gasteiger partial charge in [0.1, 0.15) is 0 Å². The predicted molar refractivity (Wildman–Crippen MR) is 44.6 cm³/mol. The molecule has 0 saturated carbocycles. The van der Waals surface area contributed by atoms with Gasteiger partial charge in [0.2, 0.25) is 0 Å². The van der Waals surface area contributed by atoms with E-state index in [-0.39, 0.29) is 11.5 Å². The first-order chi connectivity index (χ1) is 4.63. The fraction of sp³-hybridized carbons (Fsp3) is 1.00. The first-order valence-corrected chi connectivity index (χ1v) is 5.55. The van der Waals surface area contributed by atoms with Gasteiger partial charge >= 0.3 is 7.68 Å². The molecule has 0 aliphatic heterocycles. The summed E-state index contributed by atoms with van der Waals surface area (Å²) in [5.41, 5.74) is -0.169. The number of hydrogen-bond donors (Lipinski definition) is 0. The summed E-state index contributed by atoms with van der Waals surface area (Å²) in [5, 5.41) is 0. The largest absolute Gasteiger partial charge is 0.364 e. The van der Waals surface area contributed by atoms with Gasteiger partial charge in [0.25, 0.3) is 0 Å². The highest BCUT2D eigenvalue weighted by Crippen LogP contribution is 2.47. The second-order valence-corrected chi connectivity index (χ2v) is 5.56. The summed E-state index contributed by atoms with van der Waals surface area (Å²) >= 11 is 0. The van der Waals surface area contributed by atoms with Gasteiger partial charge in [-0.1, -0.05) is 20.8 Å². The second kappa shape index (κ2) is 3.24. The number of halogens is 1. The van der Waals surface area contributed by atoms with Crippen LogP contribution in [0.4, 0.5) is 4.20 Å². The summed E-state index contributed by atoms with van der Waals surface area (Å²) in [5.74, 6) is 0. The zero-order chi connectivity index (χ0) is 9.28. The Morgan fingerprint density at radius 2 is 1.82 bits per heavy atom. The zero-order valence-corrected chi connectivity index (χ0v) is 8.61. The summed E-state index contributed by atoms with van der Waals surface area (Å²) in [4.78, 5) is 0. The van der Waals surface area contributed by atoms with Crippen LogP contribution in [0.3, 0.4) is 0 Å². The molecular weight excluding hydrogens is 166 g/mol. The fourth-order valence-electron chi connectivity index (χ4n) is 0.441. The molecule has 2 nitrogen and oxygen atoms in total. The Balaban J connectivity index is 4.10. The van der Waals surface area contributed by atoms with Gasteiger partial charge in [0, 0.05) is 6.66 Å². The van der Waals surface area contributed by atoms with E-state index in [1.54, 1.807) is 6.92 Å². The molecule has 2 atom stereocenters. The molecule has 0 bridgehead atoms. The van der Waals surface area contributed by atoms with E-state index in [0.29, 0.717) is 0 Å². The first kappa shape index (κ1) is 11.1. The van der Waals surface area contributed by atoms with Gasteiger partial charge in [0.15, 0.2) is 0 Å². The lowest BCUT2D eigenvalue weighted by atomic mass is 9.91. The average molecular weight is 182 g/mol. The molecule has 0 amide bonds. The average Bonchev–Trinajstić information content (AvgIpc) is 1.56. The van der Waals surface area contributed by atoms with Gasteiger partial charge in [-0.3, -0.25) is 4.57 Å². The van der Waals surface area contributed by atoms with Crippen LogP contribution in [0.25, 0.3) is 0 Å². The molecule has 0 aliphatic carbocycles. The summed E-state index contributed by atoms with van der Waals surface area (Å²) in [6.45, 7) is 8.43. The van der Waals surface area contributed by atoms with E-state index in [4.69, 9.17) is 4.52 Å². The Morgan fingerprint density at radius 1 is 1.45 bits per heavy atom. The van der Waals surface area contributed by atoms with Crippen molar-refractivity contribution >= 4 is 7.68 Å². The van der Waals surface area contributed by atoms with Crippen molar-refractivity contribution in [3.8, 4) is 0 Å². The minimum Gasteiger partial charge on any atom is -0.302 e. The fourth-order valence-corrected chi connectivity index (χ4v) is 1.32. The van der Waals surface area contributed by atoms with Crippen LogP contribution >= 0.6 is 7.68 Å². The van der Waals surface area contributed by atoms with Crippen LogP contribution in [0.15, 0.2) is 0 Å². The van der Waals surface area contributed by atoms with Gasteiger partial charge in [0.05, 0.1) is 6.10 Å². The van der Waals surface area contributed by atoms with E-state index in [1.807, 2.05) is 20.8 Å². The zero-order valence-electron chi connectivity index (χ0n) is 7.72. The Labute approximate surface area is 67.7 Å².